The molecule has 19 heavy (non-hydrogen) atoms. The van der Waals surface area contributed by atoms with Gasteiger partial charge in [-0.25, -0.2) is 4.98 Å². The monoisotopic (exact) mass is 272 g/mol. The molecule has 2 heterocycles. The van der Waals surface area contributed by atoms with Crippen molar-refractivity contribution >= 4 is 22.3 Å². The molecule has 0 spiro atoms. The van der Waals surface area contributed by atoms with E-state index in [1.807, 2.05) is 36.0 Å². The lowest BCUT2D eigenvalue weighted by Gasteiger charge is -2.09. The maximum Gasteiger partial charge on any atom is 0.134 e. The van der Waals surface area contributed by atoms with Gasteiger partial charge in [0.05, 0.1) is 11.3 Å². The van der Waals surface area contributed by atoms with E-state index >= 15 is 0 Å². The Balaban J connectivity index is 1.61. The van der Waals surface area contributed by atoms with E-state index in [2.05, 4.69) is 23.3 Å². The van der Waals surface area contributed by atoms with Crippen LogP contribution in [0.5, 0.6) is 0 Å². The summed E-state index contributed by atoms with van der Waals surface area (Å²) in [5.74, 6) is 0.443. The van der Waals surface area contributed by atoms with Gasteiger partial charge >= 0.3 is 0 Å². The average Bonchev–Trinajstić information content (AvgIpc) is 3.08. The number of rotatable bonds is 5. The number of aromatic nitrogens is 1. The van der Waals surface area contributed by atoms with Crippen LogP contribution in [0.4, 0.5) is 0 Å². The number of furan rings is 1. The molecule has 0 saturated heterocycles. The molecule has 1 N–H and O–H groups in total. The largest absolute Gasteiger partial charge is 0.464 e. The number of fused-ring (bicyclic) bond motifs is 1. The van der Waals surface area contributed by atoms with Crippen molar-refractivity contribution in [2.24, 2.45) is 0 Å². The second kappa shape index (κ2) is 5.55. The van der Waals surface area contributed by atoms with Crippen LogP contribution in [0.25, 0.3) is 11.0 Å². The Morgan fingerprint density at radius 3 is 3.11 bits per heavy atom. The van der Waals surface area contributed by atoms with Crippen molar-refractivity contribution in [3.63, 3.8) is 0 Å². The number of nitrogens with zero attached hydrogens (tertiary/aromatic N) is 1. The van der Waals surface area contributed by atoms with Crippen LogP contribution >= 0.6 is 11.3 Å². The van der Waals surface area contributed by atoms with Crippen molar-refractivity contribution in [1.82, 2.24) is 10.3 Å². The Hall–Kier alpha value is -1.65. The molecule has 0 aliphatic rings. The highest BCUT2D eigenvalue weighted by atomic mass is 32.1. The lowest BCUT2D eigenvalue weighted by molar-refractivity contribution is 0.588. The maximum absolute atomic E-state index is 5.53. The molecule has 98 valence electrons. The van der Waals surface area contributed by atoms with E-state index in [-0.39, 0.29) is 0 Å². The number of para-hydroxylation sites is 1. The quantitative estimate of drug-likeness (QED) is 0.768. The van der Waals surface area contributed by atoms with Crippen molar-refractivity contribution in [3.05, 3.63) is 52.7 Å². The highest BCUT2D eigenvalue weighted by molar-refractivity contribution is 7.09. The predicted octanol–water partition coefficient (Wildman–Crippen LogP) is 3.78. The molecule has 1 unspecified atom stereocenters. The minimum absolute atomic E-state index is 0.443. The minimum atomic E-state index is 0.443. The number of hydrogen-bond acceptors (Lipinski definition) is 4. The van der Waals surface area contributed by atoms with Gasteiger partial charge in [-0.05, 0) is 6.07 Å². The lowest BCUT2D eigenvalue weighted by atomic mass is 10.1. The highest BCUT2D eigenvalue weighted by Gasteiger charge is 2.09. The normalized spacial score (nSPS) is 12.9. The molecule has 0 bridgehead atoms. The van der Waals surface area contributed by atoms with E-state index in [0.717, 1.165) is 18.7 Å². The van der Waals surface area contributed by atoms with Crippen LogP contribution in [0.3, 0.4) is 0 Å². The predicted molar refractivity (Wildman–Crippen MR) is 78.4 cm³/mol. The van der Waals surface area contributed by atoms with E-state index in [0.29, 0.717) is 5.92 Å². The second-order valence-corrected chi connectivity index (χ2v) is 5.59. The second-order valence-electron chi connectivity index (χ2n) is 4.66. The summed E-state index contributed by atoms with van der Waals surface area (Å²) in [7, 11) is 0. The molecule has 0 amide bonds. The van der Waals surface area contributed by atoms with E-state index < -0.39 is 0 Å². The summed E-state index contributed by atoms with van der Waals surface area (Å²) in [6.07, 6.45) is 3.70. The zero-order valence-corrected chi connectivity index (χ0v) is 11.6. The molecule has 1 atom stereocenters. The van der Waals surface area contributed by atoms with Crippen molar-refractivity contribution in [2.75, 3.05) is 6.54 Å². The molecular formula is C15H16N2OS. The van der Waals surface area contributed by atoms with Gasteiger partial charge in [0.15, 0.2) is 0 Å². The van der Waals surface area contributed by atoms with Crippen molar-refractivity contribution in [1.29, 1.82) is 0 Å². The summed E-state index contributed by atoms with van der Waals surface area (Å²) < 4.78 is 5.53. The smallest absolute Gasteiger partial charge is 0.134 e. The van der Waals surface area contributed by atoms with Crippen molar-refractivity contribution in [3.8, 4) is 0 Å². The van der Waals surface area contributed by atoms with Crippen LogP contribution in [0.2, 0.25) is 0 Å². The number of benzene rings is 1. The van der Waals surface area contributed by atoms with Crippen LogP contribution in [-0.2, 0) is 6.54 Å². The first-order chi connectivity index (χ1) is 9.34. The Morgan fingerprint density at radius 2 is 2.26 bits per heavy atom. The molecule has 2 aromatic heterocycles. The van der Waals surface area contributed by atoms with E-state index in [9.17, 15) is 0 Å². The molecule has 0 aliphatic carbocycles. The first-order valence-electron chi connectivity index (χ1n) is 6.40. The number of thiazole rings is 1. The summed E-state index contributed by atoms with van der Waals surface area (Å²) in [5, 5.41) is 7.87. The molecule has 4 heteroatoms. The average molecular weight is 272 g/mol. The van der Waals surface area contributed by atoms with Gasteiger partial charge in [-0.3, -0.25) is 0 Å². The van der Waals surface area contributed by atoms with Crippen LogP contribution in [0, 0.1) is 0 Å². The van der Waals surface area contributed by atoms with E-state index in [1.165, 1.54) is 16.0 Å². The Bertz CT molecular complexity index is 645. The first-order valence-corrected chi connectivity index (χ1v) is 7.28. The van der Waals surface area contributed by atoms with Crippen molar-refractivity contribution in [2.45, 2.75) is 19.4 Å². The fourth-order valence-electron chi connectivity index (χ4n) is 2.16. The van der Waals surface area contributed by atoms with Crippen LogP contribution in [-0.4, -0.2) is 11.5 Å². The van der Waals surface area contributed by atoms with Gasteiger partial charge in [0.1, 0.15) is 5.58 Å². The summed E-state index contributed by atoms with van der Waals surface area (Å²) in [5.41, 5.74) is 2.16. The summed E-state index contributed by atoms with van der Waals surface area (Å²) in [6.45, 7) is 3.94. The van der Waals surface area contributed by atoms with Crippen LogP contribution < -0.4 is 5.32 Å². The van der Waals surface area contributed by atoms with Gasteiger partial charge in [-0.15, -0.1) is 11.3 Å². The lowest BCUT2D eigenvalue weighted by Crippen LogP contribution is -2.19. The highest BCUT2D eigenvalue weighted by Crippen LogP contribution is 2.21. The van der Waals surface area contributed by atoms with Gasteiger partial charge in [0.2, 0.25) is 0 Å². The summed E-state index contributed by atoms with van der Waals surface area (Å²) in [6, 6.07) is 8.13. The number of nitrogens with one attached hydrogen (secondary N) is 1. The minimum Gasteiger partial charge on any atom is -0.464 e. The topological polar surface area (TPSA) is 38.1 Å². The standard InChI is InChI=1S/C15H16N2OS/c1-11(15-17-6-7-19-15)8-16-9-12-10-18-14-5-3-2-4-13(12)14/h2-7,10-11,16H,8-9H2,1H3. The van der Waals surface area contributed by atoms with E-state index in [1.54, 1.807) is 11.3 Å². The zero-order chi connectivity index (χ0) is 13.1. The molecule has 3 nitrogen and oxygen atoms in total. The maximum atomic E-state index is 5.53. The molecule has 1 aromatic carbocycles. The molecule has 0 radical (unpaired) electrons. The van der Waals surface area contributed by atoms with Gasteiger partial charge in [-0.2, -0.15) is 0 Å². The van der Waals surface area contributed by atoms with Gasteiger partial charge in [0.25, 0.3) is 0 Å². The van der Waals surface area contributed by atoms with Crippen molar-refractivity contribution < 1.29 is 4.42 Å². The fourth-order valence-corrected chi connectivity index (χ4v) is 2.86. The first kappa shape index (κ1) is 12.4. The van der Waals surface area contributed by atoms with Gasteiger partial charge in [-0.1, -0.05) is 25.1 Å². The van der Waals surface area contributed by atoms with Crippen LogP contribution in [0.1, 0.15) is 23.4 Å². The Kier molecular flexibility index (Phi) is 3.62. The third-order valence-corrected chi connectivity index (χ3v) is 4.21. The van der Waals surface area contributed by atoms with E-state index in [4.69, 9.17) is 4.42 Å². The molecule has 3 rings (SSSR count). The molecule has 3 aromatic rings. The molecule has 0 aliphatic heterocycles. The summed E-state index contributed by atoms with van der Waals surface area (Å²) >= 11 is 1.71. The fraction of sp³-hybridized carbons (Fsp3) is 0.267. The Morgan fingerprint density at radius 1 is 1.37 bits per heavy atom. The third kappa shape index (κ3) is 2.69. The third-order valence-electron chi connectivity index (χ3n) is 3.20. The Labute approximate surface area is 116 Å². The summed E-state index contributed by atoms with van der Waals surface area (Å²) in [4.78, 5) is 4.34. The van der Waals surface area contributed by atoms with Crippen LogP contribution in [0.15, 0.2) is 46.5 Å². The van der Waals surface area contributed by atoms with Gasteiger partial charge in [0, 0.05) is 41.5 Å². The SMILES string of the molecule is CC(CNCc1coc2ccccc12)c1nccs1. The molecule has 0 fully saturated rings. The van der Waals surface area contributed by atoms with Gasteiger partial charge < -0.3 is 9.73 Å². The number of hydrogen-bond donors (Lipinski definition) is 1. The zero-order valence-electron chi connectivity index (χ0n) is 10.8. The molecular weight excluding hydrogens is 256 g/mol. The molecule has 0 saturated carbocycles.